The predicted octanol–water partition coefficient (Wildman–Crippen LogP) is 2.01. The van der Waals surface area contributed by atoms with Gasteiger partial charge in [-0.25, -0.2) is 8.42 Å². The minimum absolute atomic E-state index is 0.0787. The van der Waals surface area contributed by atoms with Gasteiger partial charge in [0.25, 0.3) is 5.91 Å². The van der Waals surface area contributed by atoms with Crippen LogP contribution in [0.3, 0.4) is 0 Å². The number of rotatable bonds is 2. The molecule has 1 aromatic rings. The van der Waals surface area contributed by atoms with E-state index in [0.717, 1.165) is 12.1 Å². The zero-order valence-electron chi connectivity index (χ0n) is 11.2. The Bertz CT molecular complexity index is 669. The van der Waals surface area contributed by atoms with Crippen LogP contribution in [0.4, 0.5) is 13.2 Å². The molecule has 0 bridgehead atoms. The molecule has 0 spiro atoms. The van der Waals surface area contributed by atoms with E-state index in [1.165, 1.54) is 19.1 Å². The molecule has 1 N–H and O–H groups in total. The number of alkyl halides is 3. The number of amides is 1. The number of carbonyl (C=O) groups excluding carboxylic acids is 1. The Labute approximate surface area is 120 Å². The van der Waals surface area contributed by atoms with E-state index in [9.17, 15) is 26.4 Å². The van der Waals surface area contributed by atoms with E-state index in [-0.39, 0.29) is 17.9 Å². The first kappa shape index (κ1) is 15.8. The standard InChI is InChI=1S/C13H14F3NO3S/c1-12(6-7-21(19,20)8-12)17-11(18)9-4-2-3-5-10(9)13(14,15)16/h2-5H,6-8H2,1H3,(H,17,18)/t12-/m1/s1. The average Bonchev–Trinajstić information content (AvgIpc) is 2.62. The van der Waals surface area contributed by atoms with Gasteiger partial charge in [-0.2, -0.15) is 13.2 Å². The summed E-state index contributed by atoms with van der Waals surface area (Å²) in [6.07, 6.45) is -4.45. The Morgan fingerprint density at radius 2 is 1.90 bits per heavy atom. The number of carbonyl (C=O) groups is 1. The zero-order valence-corrected chi connectivity index (χ0v) is 12.0. The third kappa shape index (κ3) is 3.55. The SMILES string of the molecule is C[C@@]1(NC(=O)c2ccccc2C(F)(F)F)CCS(=O)(=O)C1. The van der Waals surface area contributed by atoms with Crippen molar-refractivity contribution in [3.8, 4) is 0 Å². The molecule has 2 rings (SSSR count). The van der Waals surface area contributed by atoms with Crippen LogP contribution in [0.15, 0.2) is 24.3 Å². The molecule has 1 heterocycles. The molecule has 21 heavy (non-hydrogen) atoms. The maximum absolute atomic E-state index is 12.9. The quantitative estimate of drug-likeness (QED) is 0.906. The van der Waals surface area contributed by atoms with Crippen molar-refractivity contribution in [1.29, 1.82) is 0 Å². The van der Waals surface area contributed by atoms with E-state index >= 15 is 0 Å². The number of benzene rings is 1. The summed E-state index contributed by atoms with van der Waals surface area (Å²) in [5.41, 5.74) is -2.57. The van der Waals surface area contributed by atoms with Crippen molar-refractivity contribution >= 4 is 15.7 Å². The van der Waals surface area contributed by atoms with Gasteiger partial charge in [-0.15, -0.1) is 0 Å². The van der Waals surface area contributed by atoms with Gasteiger partial charge in [-0.05, 0) is 25.5 Å². The summed E-state index contributed by atoms with van der Waals surface area (Å²) in [6, 6.07) is 4.42. The lowest BCUT2D eigenvalue weighted by molar-refractivity contribution is -0.137. The molecule has 1 fully saturated rings. The van der Waals surface area contributed by atoms with E-state index in [1.54, 1.807) is 0 Å². The minimum atomic E-state index is -4.64. The van der Waals surface area contributed by atoms with Gasteiger partial charge in [-0.1, -0.05) is 12.1 Å². The van der Waals surface area contributed by atoms with E-state index in [1.807, 2.05) is 0 Å². The van der Waals surface area contributed by atoms with Gasteiger partial charge in [0, 0.05) is 0 Å². The van der Waals surface area contributed by atoms with Crippen molar-refractivity contribution in [2.45, 2.75) is 25.1 Å². The fraction of sp³-hybridized carbons (Fsp3) is 0.462. The lowest BCUT2D eigenvalue weighted by atomic mass is 10.00. The zero-order chi connectivity index (χ0) is 15.9. The lowest BCUT2D eigenvalue weighted by Crippen LogP contribution is -2.47. The van der Waals surface area contributed by atoms with Gasteiger partial charge in [-0.3, -0.25) is 4.79 Å². The molecule has 1 aliphatic heterocycles. The van der Waals surface area contributed by atoms with Crippen molar-refractivity contribution in [3.05, 3.63) is 35.4 Å². The summed E-state index contributed by atoms with van der Waals surface area (Å²) < 4.78 is 61.5. The maximum atomic E-state index is 12.9. The van der Waals surface area contributed by atoms with Crippen LogP contribution < -0.4 is 5.32 Å². The summed E-state index contributed by atoms with van der Waals surface area (Å²) in [5, 5.41) is 2.42. The van der Waals surface area contributed by atoms with Crippen molar-refractivity contribution in [1.82, 2.24) is 5.32 Å². The number of hydrogen-bond donors (Lipinski definition) is 1. The molecule has 0 radical (unpaired) electrons. The normalized spacial score (nSPS) is 24.8. The third-order valence-electron chi connectivity index (χ3n) is 3.40. The summed E-state index contributed by atoms with van der Waals surface area (Å²) in [4.78, 5) is 12.1. The molecule has 1 aliphatic rings. The van der Waals surface area contributed by atoms with E-state index < -0.39 is 38.6 Å². The molecule has 116 valence electrons. The number of sulfone groups is 1. The topological polar surface area (TPSA) is 63.2 Å². The average molecular weight is 321 g/mol. The fourth-order valence-electron chi connectivity index (χ4n) is 2.38. The molecule has 0 unspecified atom stereocenters. The molecule has 4 nitrogen and oxygen atoms in total. The second-order valence-corrected chi connectivity index (χ2v) is 7.58. The maximum Gasteiger partial charge on any atom is 0.417 e. The molecular formula is C13H14F3NO3S. The van der Waals surface area contributed by atoms with E-state index in [4.69, 9.17) is 0 Å². The molecule has 0 saturated carbocycles. The smallest absolute Gasteiger partial charge is 0.346 e. The highest BCUT2D eigenvalue weighted by atomic mass is 32.2. The van der Waals surface area contributed by atoms with Gasteiger partial charge in [0.1, 0.15) is 0 Å². The van der Waals surface area contributed by atoms with Crippen LogP contribution in [0, 0.1) is 0 Å². The van der Waals surface area contributed by atoms with E-state index in [2.05, 4.69) is 5.32 Å². The summed E-state index contributed by atoms with van der Waals surface area (Å²) >= 11 is 0. The molecule has 1 saturated heterocycles. The highest BCUT2D eigenvalue weighted by Crippen LogP contribution is 2.32. The second-order valence-electron chi connectivity index (χ2n) is 5.40. The van der Waals surface area contributed by atoms with Crippen LogP contribution in [-0.4, -0.2) is 31.4 Å². The van der Waals surface area contributed by atoms with Gasteiger partial charge in [0.05, 0.1) is 28.2 Å². The summed E-state index contributed by atoms with van der Waals surface area (Å²) in [7, 11) is -3.26. The molecule has 8 heteroatoms. The summed E-state index contributed by atoms with van der Waals surface area (Å²) in [6.45, 7) is 1.52. The summed E-state index contributed by atoms with van der Waals surface area (Å²) in [5.74, 6) is -1.26. The van der Waals surface area contributed by atoms with Crippen LogP contribution >= 0.6 is 0 Å². The van der Waals surface area contributed by atoms with Crippen LogP contribution in [0.5, 0.6) is 0 Å². The Hall–Kier alpha value is -1.57. The van der Waals surface area contributed by atoms with Crippen molar-refractivity contribution < 1.29 is 26.4 Å². The first-order valence-corrected chi connectivity index (χ1v) is 8.04. The molecule has 0 aromatic heterocycles. The van der Waals surface area contributed by atoms with Crippen molar-refractivity contribution in [3.63, 3.8) is 0 Å². The highest BCUT2D eigenvalue weighted by Gasteiger charge is 2.41. The molecular weight excluding hydrogens is 307 g/mol. The number of halogens is 3. The van der Waals surface area contributed by atoms with Gasteiger partial charge >= 0.3 is 6.18 Å². The number of hydrogen-bond acceptors (Lipinski definition) is 3. The Balaban J connectivity index is 2.27. The van der Waals surface area contributed by atoms with Crippen LogP contribution in [0.1, 0.15) is 29.3 Å². The van der Waals surface area contributed by atoms with Crippen molar-refractivity contribution in [2.75, 3.05) is 11.5 Å². The van der Waals surface area contributed by atoms with Gasteiger partial charge in [0.15, 0.2) is 9.84 Å². The monoisotopic (exact) mass is 321 g/mol. The van der Waals surface area contributed by atoms with Crippen LogP contribution in [0.25, 0.3) is 0 Å². The van der Waals surface area contributed by atoms with Crippen LogP contribution in [-0.2, 0) is 16.0 Å². The fourth-order valence-corrected chi connectivity index (χ4v) is 4.47. The molecule has 1 aromatic carbocycles. The second kappa shape index (κ2) is 5.01. The van der Waals surface area contributed by atoms with Gasteiger partial charge < -0.3 is 5.32 Å². The first-order valence-electron chi connectivity index (χ1n) is 6.22. The highest BCUT2D eigenvalue weighted by molar-refractivity contribution is 7.91. The van der Waals surface area contributed by atoms with Gasteiger partial charge in [0.2, 0.25) is 0 Å². The Morgan fingerprint density at radius 3 is 2.43 bits per heavy atom. The van der Waals surface area contributed by atoms with Crippen LogP contribution in [0.2, 0.25) is 0 Å². The first-order chi connectivity index (χ1) is 9.53. The molecule has 1 amide bonds. The number of nitrogens with one attached hydrogen (secondary N) is 1. The largest absolute Gasteiger partial charge is 0.417 e. The minimum Gasteiger partial charge on any atom is -0.346 e. The van der Waals surface area contributed by atoms with Crippen molar-refractivity contribution in [2.24, 2.45) is 0 Å². The lowest BCUT2D eigenvalue weighted by Gasteiger charge is -2.24. The molecule has 0 aliphatic carbocycles. The Kier molecular flexibility index (Phi) is 3.77. The Morgan fingerprint density at radius 1 is 1.29 bits per heavy atom. The third-order valence-corrected chi connectivity index (χ3v) is 5.30. The predicted molar refractivity (Wildman–Crippen MR) is 70.6 cm³/mol. The van der Waals surface area contributed by atoms with E-state index in [0.29, 0.717) is 0 Å². The molecule has 1 atom stereocenters.